The molecule has 3 aromatic carbocycles. The summed E-state index contributed by atoms with van der Waals surface area (Å²) < 4.78 is 42.6. The van der Waals surface area contributed by atoms with Crippen LogP contribution in [0, 0.1) is 11.4 Å². The second-order valence-corrected chi connectivity index (χ2v) is 19.1. The van der Waals surface area contributed by atoms with Crippen LogP contribution in [-0.2, 0) is 39.5 Å². The summed E-state index contributed by atoms with van der Waals surface area (Å²) in [5.41, 5.74) is 4.51. The highest BCUT2D eigenvalue weighted by atomic mass is 32.2. The van der Waals surface area contributed by atoms with Gasteiger partial charge < -0.3 is 30.1 Å². The summed E-state index contributed by atoms with van der Waals surface area (Å²) in [5, 5.41) is 75.0. The Morgan fingerprint density at radius 1 is 0.773 bits per heavy atom. The van der Waals surface area contributed by atoms with E-state index in [0.717, 1.165) is 15.4 Å². The van der Waals surface area contributed by atoms with Gasteiger partial charge >= 0.3 is 12.1 Å². The number of carboxylic acid groups (broad SMARTS) is 1. The number of sulfonamides is 1. The maximum absolute atomic E-state index is 15.3. The van der Waals surface area contributed by atoms with Gasteiger partial charge in [0.1, 0.15) is 39.4 Å². The number of rotatable bonds is 17. The quantitative estimate of drug-likeness (QED) is 0.0570. The maximum atomic E-state index is 15.3. The fourth-order valence-electron chi connectivity index (χ4n) is 7.92. The highest BCUT2D eigenvalue weighted by Gasteiger charge is 2.62. The zero-order valence-electron chi connectivity index (χ0n) is 40.4. The van der Waals surface area contributed by atoms with Crippen LogP contribution in [0.15, 0.2) is 195 Å². The molecule has 2 aliphatic heterocycles. The van der Waals surface area contributed by atoms with E-state index < -0.39 is 75.2 Å². The van der Waals surface area contributed by atoms with Crippen molar-refractivity contribution in [3.63, 3.8) is 0 Å². The smallest absolute Gasteiger partial charge is 0.408 e. The number of allylic oxidation sites excluding steroid dienone is 1. The predicted molar refractivity (Wildman–Crippen MR) is 253 cm³/mol. The molecule has 0 bridgehead atoms. The summed E-state index contributed by atoms with van der Waals surface area (Å²) in [5.74, 6) is -3.54. The number of hydrogen-bond donors (Lipinski definition) is 4. The summed E-state index contributed by atoms with van der Waals surface area (Å²) in [4.78, 5) is 57.2. The van der Waals surface area contributed by atoms with Crippen LogP contribution in [0.5, 0.6) is 0 Å². The van der Waals surface area contributed by atoms with E-state index in [1.54, 1.807) is 32.9 Å². The van der Waals surface area contributed by atoms with Crippen molar-refractivity contribution >= 4 is 39.6 Å². The van der Waals surface area contributed by atoms with Crippen molar-refractivity contribution in [3.05, 3.63) is 96.6 Å². The largest absolute Gasteiger partial charge is 0.479 e. The molecule has 6 rings (SSSR count). The Kier molecular flexibility index (Phi) is 18.8. The summed E-state index contributed by atoms with van der Waals surface area (Å²) in [6, 6.07) is 19.4. The van der Waals surface area contributed by atoms with Gasteiger partial charge in [0.2, 0.25) is 21.8 Å². The highest BCUT2D eigenvalue weighted by Crippen LogP contribution is 2.47. The fourth-order valence-corrected chi connectivity index (χ4v) is 9.54. The van der Waals surface area contributed by atoms with E-state index in [9.17, 15) is 27.9 Å². The Balaban J connectivity index is 1.29. The molecule has 0 unspecified atom stereocenters. The van der Waals surface area contributed by atoms with Gasteiger partial charge in [-0.05, 0) is 152 Å². The number of fused-ring (bicyclic) bond motifs is 2. The second kappa shape index (κ2) is 25.6. The van der Waals surface area contributed by atoms with Gasteiger partial charge in [0.15, 0.2) is 0 Å². The third-order valence-electron chi connectivity index (χ3n) is 11.4. The van der Waals surface area contributed by atoms with Gasteiger partial charge in [-0.25, -0.2) is 18.0 Å². The number of nitrogens with one attached hydrogen (secondary N) is 3. The lowest BCUT2D eigenvalue weighted by atomic mass is 9.89. The molecule has 392 valence electrons. The van der Waals surface area contributed by atoms with E-state index in [4.69, 9.17) is 15.0 Å². The van der Waals surface area contributed by atoms with Gasteiger partial charge in [-0.3, -0.25) is 9.59 Å². The Hall–Kier alpha value is -9.05. The van der Waals surface area contributed by atoms with E-state index in [1.807, 2.05) is 54.6 Å². The van der Waals surface area contributed by atoms with Gasteiger partial charge in [0.25, 0.3) is 0 Å². The first-order chi connectivity index (χ1) is 36.0. The molecule has 1 saturated heterocycles. The van der Waals surface area contributed by atoms with Crippen molar-refractivity contribution in [2.45, 2.75) is 80.2 Å². The minimum absolute atomic E-state index is 0.0697. The normalized spacial score (nSPS) is 23.9. The van der Waals surface area contributed by atoms with Gasteiger partial charge in [-0.15, -0.1) is 5.11 Å². The van der Waals surface area contributed by atoms with Gasteiger partial charge in [-0.2, -0.15) is 9.84 Å². The average molecular weight is 1050 g/mol. The molecular formula is C41H48N24O9S. The number of nitrogens with zero attached hydrogens (tertiary/aromatic N) is 21. The van der Waals surface area contributed by atoms with Crippen molar-refractivity contribution in [1.29, 1.82) is 5.53 Å². The lowest BCUT2D eigenvalue weighted by Crippen LogP contribution is -2.59. The SMILES string of the molecule is CO[C@@]1(c2ccc(-c3ccccc3)cc2)C[C@H]2C(=O)N[C@]3(C(=O)O)C[C@H]3/C=C\CCCN(S(=O)(=O)c3ccccc3N=N/N=N/N=N/N=N/N=N/N=N/N=N/N=N/N=N/N=N)C[C@H](NC(=O)OC(C)(C)C)C(=O)N2C1. The van der Waals surface area contributed by atoms with Gasteiger partial charge in [-0.1, -0.05) is 78.9 Å². The van der Waals surface area contributed by atoms with E-state index in [2.05, 4.69) is 110 Å². The third-order valence-corrected chi connectivity index (χ3v) is 13.3. The number of carbonyl (C=O) groups is 4. The number of carbonyl (C=O) groups excluding carboxylic acids is 3. The molecule has 0 spiro atoms. The van der Waals surface area contributed by atoms with Crippen LogP contribution in [0.3, 0.4) is 0 Å². The molecule has 0 aromatic heterocycles. The topological polar surface area (TPSA) is 430 Å². The van der Waals surface area contributed by atoms with Crippen LogP contribution in [0.25, 0.3) is 11.1 Å². The zero-order chi connectivity index (χ0) is 53.9. The van der Waals surface area contributed by atoms with Crippen molar-refractivity contribution in [1.82, 2.24) is 19.8 Å². The minimum Gasteiger partial charge on any atom is -0.479 e. The lowest BCUT2D eigenvalue weighted by Gasteiger charge is -2.33. The molecule has 0 radical (unpaired) electrons. The molecular weight excluding hydrogens is 1000 g/mol. The van der Waals surface area contributed by atoms with Crippen molar-refractivity contribution < 1.29 is 42.2 Å². The van der Waals surface area contributed by atoms with Crippen LogP contribution in [0.1, 0.15) is 52.0 Å². The number of hydrogen-bond acceptors (Lipinski definition) is 10. The first-order valence-electron chi connectivity index (χ1n) is 22.3. The van der Waals surface area contributed by atoms with Crippen molar-refractivity contribution in [2.24, 2.45) is 105 Å². The number of alkyl carbamates (subject to hydrolysis) is 1. The average Bonchev–Trinajstić information content (AvgIpc) is 3.94. The number of carboxylic acids is 1. The molecule has 3 amide bonds. The van der Waals surface area contributed by atoms with Gasteiger partial charge in [0, 0.05) is 43.0 Å². The zero-order valence-corrected chi connectivity index (χ0v) is 41.2. The van der Waals surface area contributed by atoms with Crippen molar-refractivity contribution in [3.8, 4) is 11.1 Å². The maximum Gasteiger partial charge on any atom is 0.408 e. The summed E-state index contributed by atoms with van der Waals surface area (Å²) in [7, 11) is -3.23. The number of methoxy groups -OCH3 is 1. The van der Waals surface area contributed by atoms with Crippen LogP contribution >= 0.6 is 0 Å². The number of benzene rings is 3. The number of amides is 3. The molecule has 34 heteroatoms. The Morgan fingerprint density at radius 3 is 1.91 bits per heavy atom. The number of aliphatic carboxylic acids is 1. The van der Waals surface area contributed by atoms with Gasteiger partial charge in [0.05, 0.1) is 6.54 Å². The highest BCUT2D eigenvalue weighted by molar-refractivity contribution is 7.89. The monoisotopic (exact) mass is 1050 g/mol. The molecule has 1 aliphatic carbocycles. The third kappa shape index (κ3) is 14.8. The Labute approximate surface area is 425 Å². The van der Waals surface area contributed by atoms with Crippen LogP contribution in [0.4, 0.5) is 10.5 Å². The minimum atomic E-state index is -4.66. The number of ether oxygens (including phenoxy) is 2. The van der Waals surface area contributed by atoms with Crippen LogP contribution < -0.4 is 10.6 Å². The molecule has 3 aliphatic rings. The lowest BCUT2D eigenvalue weighted by molar-refractivity contribution is -0.145. The first-order valence-corrected chi connectivity index (χ1v) is 23.8. The summed E-state index contributed by atoms with van der Waals surface area (Å²) >= 11 is 0. The molecule has 4 N–H and O–H groups in total. The van der Waals surface area contributed by atoms with E-state index in [-0.39, 0.29) is 49.4 Å². The summed E-state index contributed by atoms with van der Waals surface area (Å²) in [6.07, 6.45) is 2.65. The van der Waals surface area contributed by atoms with E-state index in [0.29, 0.717) is 5.56 Å². The molecule has 5 atom stereocenters. The molecule has 75 heavy (non-hydrogen) atoms. The molecule has 2 heterocycles. The van der Waals surface area contributed by atoms with Crippen LogP contribution in [0.2, 0.25) is 0 Å². The standard InChI is InChI=1S/C41H48N24O9S/c1-39(2,3)74-38(70)43-32-25-64(75(71,72)34-17-11-10-16-31(34)45-47-49-51-53-55-57-59-61-63-62-60-58-56-54-52-50-48-46-42)22-12-6-9-15-30-23-41(30,37(68)69)44-35(66)33-24-40(73-4,26-65(33)36(32)67)29-20-18-28(19-21-29)27-13-7-5-8-14-27/h5,7-11,13-21,30,32-33,42H,6,12,22-26H2,1-4H3,(H,43,70)(H,44,66)(H,68,69)/b15-9-,46-42?,47-45?,50-48+,51-49+,54-52+,55-53+,58-56+,59-57+,62-60+,63-61+/t30-,32+,33+,40+,41-/m1/s1. The van der Waals surface area contributed by atoms with Crippen LogP contribution in [-0.4, -0.2) is 96.6 Å². The summed E-state index contributed by atoms with van der Waals surface area (Å²) in [6.45, 7) is 3.64. The first kappa shape index (κ1) is 55.3. The molecule has 3 aromatic rings. The van der Waals surface area contributed by atoms with E-state index in [1.165, 1.54) is 36.3 Å². The second-order valence-electron chi connectivity index (χ2n) is 17.2. The van der Waals surface area contributed by atoms with E-state index >= 15 is 4.79 Å². The fraction of sp³-hybridized carbons (Fsp3) is 0.415. The Bertz CT molecular complexity index is 2960. The molecule has 2 fully saturated rings. The molecule has 1 saturated carbocycles. The van der Waals surface area contributed by atoms with Crippen molar-refractivity contribution in [2.75, 3.05) is 26.7 Å². The predicted octanol–water partition coefficient (Wildman–Crippen LogP) is 8.66. The Morgan fingerprint density at radius 2 is 1.33 bits per heavy atom. The molecule has 33 nitrogen and oxygen atoms in total.